The number of hydrogen-bond acceptors (Lipinski definition) is 4. The lowest BCUT2D eigenvalue weighted by Gasteiger charge is -2.28. The van der Waals surface area contributed by atoms with E-state index in [4.69, 9.17) is 4.74 Å². The third-order valence-electron chi connectivity index (χ3n) is 5.00. The Morgan fingerprint density at radius 1 is 1.07 bits per heavy atom. The predicted octanol–water partition coefficient (Wildman–Crippen LogP) is 3.65. The van der Waals surface area contributed by atoms with Crippen LogP contribution in [0.5, 0.6) is 0 Å². The molecule has 1 aromatic carbocycles. The molecule has 1 aromatic rings. The van der Waals surface area contributed by atoms with E-state index in [0.717, 1.165) is 24.0 Å². The number of carbonyl (C=O) groups is 3. The summed E-state index contributed by atoms with van der Waals surface area (Å²) in [5.41, 5.74) is 1.58. The van der Waals surface area contributed by atoms with Gasteiger partial charge in [-0.3, -0.25) is 14.4 Å². The number of aryl methyl sites for hydroxylation is 2. The van der Waals surface area contributed by atoms with E-state index in [1.165, 1.54) is 0 Å². The summed E-state index contributed by atoms with van der Waals surface area (Å²) < 4.78 is 5.33. The first-order chi connectivity index (χ1) is 13.0. The maximum Gasteiger partial charge on any atom is 0.313 e. The maximum atomic E-state index is 12.8. The number of benzene rings is 1. The van der Waals surface area contributed by atoms with Crippen molar-refractivity contribution in [2.24, 2.45) is 5.41 Å². The topological polar surface area (TPSA) is 84.5 Å². The van der Waals surface area contributed by atoms with Gasteiger partial charge in [0.05, 0.1) is 5.41 Å². The molecule has 1 saturated carbocycles. The number of anilines is 1. The zero-order valence-corrected chi connectivity index (χ0v) is 17.6. The van der Waals surface area contributed by atoms with Gasteiger partial charge in [0.2, 0.25) is 5.91 Å². The summed E-state index contributed by atoms with van der Waals surface area (Å²) in [6.07, 6.45) is 3.09. The van der Waals surface area contributed by atoms with Crippen molar-refractivity contribution in [1.29, 1.82) is 0 Å². The number of hydrogen-bond donors (Lipinski definition) is 2. The number of carbonyl (C=O) groups excluding carboxylic acids is 3. The highest BCUT2D eigenvalue weighted by atomic mass is 16.5. The molecule has 6 nitrogen and oxygen atoms in total. The van der Waals surface area contributed by atoms with E-state index in [0.29, 0.717) is 18.5 Å². The zero-order valence-electron chi connectivity index (χ0n) is 17.6. The summed E-state index contributed by atoms with van der Waals surface area (Å²) in [6.45, 7) is 9.26. The Kier molecular flexibility index (Phi) is 6.86. The summed E-state index contributed by atoms with van der Waals surface area (Å²) in [5, 5.41) is 5.68. The minimum absolute atomic E-state index is 0.0990. The van der Waals surface area contributed by atoms with Crippen LogP contribution in [0.15, 0.2) is 18.2 Å². The van der Waals surface area contributed by atoms with E-state index in [1.807, 2.05) is 52.8 Å². The number of amides is 2. The Labute approximate surface area is 167 Å². The first-order valence-electron chi connectivity index (χ1n) is 9.86. The molecule has 6 heteroatoms. The molecule has 0 aliphatic heterocycles. The van der Waals surface area contributed by atoms with Crippen LogP contribution < -0.4 is 10.6 Å². The van der Waals surface area contributed by atoms with E-state index < -0.39 is 11.4 Å². The molecule has 0 radical (unpaired) electrons. The Morgan fingerprint density at radius 2 is 1.71 bits per heavy atom. The molecule has 0 bridgehead atoms. The van der Waals surface area contributed by atoms with Gasteiger partial charge in [-0.2, -0.15) is 0 Å². The molecule has 1 aliphatic carbocycles. The fourth-order valence-corrected chi connectivity index (χ4v) is 3.70. The van der Waals surface area contributed by atoms with E-state index in [1.54, 1.807) is 0 Å². The van der Waals surface area contributed by atoms with Gasteiger partial charge in [-0.05, 0) is 59.1 Å². The van der Waals surface area contributed by atoms with E-state index in [9.17, 15) is 14.4 Å². The SMILES string of the molecule is Cc1ccc(NC(=O)COC(=O)C2(CC(=O)NC(C)(C)C)CCCC2)c(C)c1. The monoisotopic (exact) mass is 388 g/mol. The Hall–Kier alpha value is -2.37. The van der Waals surface area contributed by atoms with Gasteiger partial charge < -0.3 is 15.4 Å². The van der Waals surface area contributed by atoms with Crippen molar-refractivity contribution >= 4 is 23.5 Å². The maximum absolute atomic E-state index is 12.8. The minimum Gasteiger partial charge on any atom is -0.455 e. The quantitative estimate of drug-likeness (QED) is 0.729. The molecular weight excluding hydrogens is 356 g/mol. The van der Waals surface area contributed by atoms with Crippen LogP contribution in [0.1, 0.15) is 64.0 Å². The zero-order chi connectivity index (χ0) is 20.9. The van der Waals surface area contributed by atoms with Crippen LogP contribution in [0.4, 0.5) is 5.69 Å². The average Bonchev–Trinajstić information content (AvgIpc) is 3.03. The molecule has 2 rings (SSSR count). The smallest absolute Gasteiger partial charge is 0.313 e. The minimum atomic E-state index is -0.824. The summed E-state index contributed by atoms with van der Waals surface area (Å²) in [6, 6.07) is 5.72. The Balaban J connectivity index is 1.94. The van der Waals surface area contributed by atoms with E-state index in [-0.39, 0.29) is 30.4 Å². The first kappa shape index (κ1) is 21.9. The van der Waals surface area contributed by atoms with Crippen LogP contribution in [0.3, 0.4) is 0 Å². The lowest BCUT2D eigenvalue weighted by atomic mass is 9.82. The lowest BCUT2D eigenvalue weighted by molar-refractivity contribution is -0.160. The molecule has 0 unspecified atom stereocenters. The van der Waals surface area contributed by atoms with Gasteiger partial charge in [-0.25, -0.2) is 0 Å². The van der Waals surface area contributed by atoms with Gasteiger partial charge in [0.25, 0.3) is 5.91 Å². The van der Waals surface area contributed by atoms with E-state index in [2.05, 4.69) is 10.6 Å². The third kappa shape index (κ3) is 6.08. The van der Waals surface area contributed by atoms with Crippen molar-refractivity contribution < 1.29 is 19.1 Å². The molecule has 0 aromatic heterocycles. The van der Waals surface area contributed by atoms with Crippen molar-refractivity contribution in [3.8, 4) is 0 Å². The second kappa shape index (κ2) is 8.76. The predicted molar refractivity (Wildman–Crippen MR) is 109 cm³/mol. The molecule has 28 heavy (non-hydrogen) atoms. The molecule has 1 fully saturated rings. The molecular formula is C22H32N2O4. The Morgan fingerprint density at radius 3 is 2.29 bits per heavy atom. The highest BCUT2D eigenvalue weighted by Gasteiger charge is 2.44. The van der Waals surface area contributed by atoms with Gasteiger partial charge >= 0.3 is 5.97 Å². The summed E-state index contributed by atoms with van der Waals surface area (Å²) in [4.78, 5) is 37.3. The van der Waals surface area contributed by atoms with Gasteiger partial charge in [0, 0.05) is 17.6 Å². The van der Waals surface area contributed by atoms with Crippen LogP contribution in [0.25, 0.3) is 0 Å². The standard InChI is InChI=1S/C22H32N2O4/c1-15-8-9-17(16(2)12-15)23-19(26)14-28-20(27)22(10-6-7-11-22)13-18(25)24-21(3,4)5/h8-9,12H,6-7,10-11,13-14H2,1-5H3,(H,23,26)(H,24,25). The molecule has 0 spiro atoms. The molecule has 0 saturated heterocycles. The van der Waals surface area contributed by atoms with Crippen molar-refractivity contribution in [3.05, 3.63) is 29.3 Å². The molecule has 0 atom stereocenters. The van der Waals surface area contributed by atoms with Crippen molar-refractivity contribution in [3.63, 3.8) is 0 Å². The molecule has 1 aliphatic rings. The van der Waals surface area contributed by atoms with Crippen molar-refractivity contribution in [1.82, 2.24) is 5.32 Å². The second-order valence-electron chi connectivity index (χ2n) is 8.91. The summed E-state index contributed by atoms with van der Waals surface area (Å²) in [7, 11) is 0. The van der Waals surface area contributed by atoms with E-state index >= 15 is 0 Å². The number of rotatable bonds is 6. The third-order valence-corrected chi connectivity index (χ3v) is 5.00. The summed E-state index contributed by atoms with van der Waals surface area (Å²) >= 11 is 0. The van der Waals surface area contributed by atoms with Crippen LogP contribution in [0.2, 0.25) is 0 Å². The van der Waals surface area contributed by atoms with Gasteiger partial charge in [0.15, 0.2) is 6.61 Å². The van der Waals surface area contributed by atoms with Gasteiger partial charge in [-0.1, -0.05) is 30.5 Å². The number of ether oxygens (including phenoxy) is 1. The van der Waals surface area contributed by atoms with Gasteiger partial charge in [0.1, 0.15) is 0 Å². The van der Waals surface area contributed by atoms with Gasteiger partial charge in [-0.15, -0.1) is 0 Å². The molecule has 2 amide bonds. The van der Waals surface area contributed by atoms with Crippen LogP contribution in [-0.4, -0.2) is 29.9 Å². The molecule has 2 N–H and O–H groups in total. The molecule has 0 heterocycles. The largest absolute Gasteiger partial charge is 0.455 e. The van der Waals surface area contributed by atoms with Crippen molar-refractivity contribution in [2.75, 3.05) is 11.9 Å². The molecule has 154 valence electrons. The number of esters is 1. The number of nitrogens with one attached hydrogen (secondary N) is 2. The highest BCUT2D eigenvalue weighted by molar-refractivity contribution is 5.94. The fourth-order valence-electron chi connectivity index (χ4n) is 3.70. The van der Waals surface area contributed by atoms with Crippen LogP contribution >= 0.6 is 0 Å². The van der Waals surface area contributed by atoms with Crippen LogP contribution in [0, 0.1) is 19.3 Å². The summed E-state index contributed by atoms with van der Waals surface area (Å²) in [5.74, 6) is -0.997. The lowest BCUT2D eigenvalue weighted by Crippen LogP contribution is -2.44. The average molecular weight is 389 g/mol. The first-order valence-corrected chi connectivity index (χ1v) is 9.86. The fraction of sp³-hybridized carbons (Fsp3) is 0.591. The highest BCUT2D eigenvalue weighted by Crippen LogP contribution is 2.42. The Bertz CT molecular complexity index is 743. The normalized spacial score (nSPS) is 15.8. The van der Waals surface area contributed by atoms with Crippen LogP contribution in [-0.2, 0) is 19.1 Å². The van der Waals surface area contributed by atoms with Crippen molar-refractivity contribution in [2.45, 2.75) is 72.3 Å². The second-order valence-corrected chi connectivity index (χ2v) is 8.91.